The van der Waals surface area contributed by atoms with E-state index in [0.29, 0.717) is 46.3 Å². The number of carbonyl (C=O) groups excluding carboxylic acids is 1. The number of aromatic nitrogens is 2. The normalized spacial score (nSPS) is 13.3. The third-order valence-electron chi connectivity index (χ3n) is 4.19. The molecule has 1 aromatic carbocycles. The van der Waals surface area contributed by atoms with Gasteiger partial charge in [0, 0.05) is 9.90 Å². The molecule has 9 heteroatoms. The highest BCUT2D eigenvalue weighted by Gasteiger charge is 2.27. The molecule has 0 aliphatic carbocycles. The van der Waals surface area contributed by atoms with Crippen LogP contribution in [0.1, 0.15) is 26.6 Å². The first-order valence-corrected chi connectivity index (χ1v) is 9.44. The highest BCUT2D eigenvalue weighted by Crippen LogP contribution is 2.42. The van der Waals surface area contributed by atoms with Gasteiger partial charge >= 0.3 is 0 Å². The SMILES string of the molecule is COc1ccc(Cl)cc1C(=O)Nc1sc2c(c1-c1nc(C)no1)CCOC2. The Kier molecular flexibility index (Phi) is 4.86. The summed E-state index contributed by atoms with van der Waals surface area (Å²) in [6.07, 6.45) is 0.721. The van der Waals surface area contributed by atoms with Gasteiger partial charge in [-0.05, 0) is 37.1 Å². The van der Waals surface area contributed by atoms with E-state index in [1.54, 1.807) is 25.1 Å². The topological polar surface area (TPSA) is 86.5 Å². The number of halogens is 1. The fraction of sp³-hybridized carbons (Fsp3) is 0.278. The first-order valence-electron chi connectivity index (χ1n) is 8.24. The number of carbonyl (C=O) groups is 1. The van der Waals surface area contributed by atoms with Crippen molar-refractivity contribution in [2.75, 3.05) is 19.0 Å². The van der Waals surface area contributed by atoms with E-state index >= 15 is 0 Å². The molecule has 0 fully saturated rings. The van der Waals surface area contributed by atoms with Crippen molar-refractivity contribution in [3.8, 4) is 17.2 Å². The van der Waals surface area contributed by atoms with E-state index < -0.39 is 0 Å². The Morgan fingerprint density at radius 1 is 1.41 bits per heavy atom. The number of anilines is 1. The molecular formula is C18H16ClN3O4S. The van der Waals surface area contributed by atoms with E-state index in [1.807, 2.05) is 0 Å². The molecule has 0 radical (unpaired) electrons. The first-order chi connectivity index (χ1) is 13.1. The molecule has 3 heterocycles. The van der Waals surface area contributed by atoms with E-state index in [2.05, 4.69) is 15.5 Å². The van der Waals surface area contributed by atoms with Gasteiger partial charge in [0.15, 0.2) is 5.82 Å². The molecule has 1 aliphatic heterocycles. The number of amides is 1. The van der Waals surface area contributed by atoms with Gasteiger partial charge in [0.05, 0.1) is 31.5 Å². The zero-order valence-corrected chi connectivity index (χ0v) is 16.2. The van der Waals surface area contributed by atoms with E-state index in [9.17, 15) is 4.79 Å². The van der Waals surface area contributed by atoms with Crippen LogP contribution < -0.4 is 10.1 Å². The zero-order chi connectivity index (χ0) is 19.0. The molecule has 0 saturated heterocycles. The van der Waals surface area contributed by atoms with Gasteiger partial charge in [-0.1, -0.05) is 16.8 Å². The fourth-order valence-electron chi connectivity index (χ4n) is 2.97. The molecule has 3 aromatic rings. The molecule has 0 saturated carbocycles. The molecule has 27 heavy (non-hydrogen) atoms. The Balaban J connectivity index is 1.75. The van der Waals surface area contributed by atoms with Crippen LogP contribution in [0, 0.1) is 6.92 Å². The Labute approximate surface area is 164 Å². The third kappa shape index (κ3) is 3.43. The largest absolute Gasteiger partial charge is 0.496 e. The minimum atomic E-state index is -0.327. The third-order valence-corrected chi connectivity index (χ3v) is 5.55. The summed E-state index contributed by atoms with van der Waals surface area (Å²) in [4.78, 5) is 18.3. The maximum Gasteiger partial charge on any atom is 0.261 e. The van der Waals surface area contributed by atoms with Crippen LogP contribution in [0.15, 0.2) is 22.7 Å². The molecule has 1 N–H and O–H groups in total. The molecule has 7 nitrogen and oxygen atoms in total. The summed E-state index contributed by atoms with van der Waals surface area (Å²) in [5.41, 5.74) is 2.18. The number of benzene rings is 1. The Morgan fingerprint density at radius 3 is 3.00 bits per heavy atom. The summed E-state index contributed by atoms with van der Waals surface area (Å²) in [5.74, 6) is 1.04. The fourth-order valence-corrected chi connectivity index (χ4v) is 4.32. The summed E-state index contributed by atoms with van der Waals surface area (Å²) in [6, 6.07) is 4.90. The van der Waals surface area contributed by atoms with Crippen molar-refractivity contribution < 1.29 is 18.8 Å². The first kappa shape index (κ1) is 18.0. The lowest BCUT2D eigenvalue weighted by molar-refractivity contribution is 0.102. The predicted octanol–water partition coefficient (Wildman–Crippen LogP) is 4.09. The smallest absolute Gasteiger partial charge is 0.261 e. The van der Waals surface area contributed by atoms with E-state index in [1.165, 1.54) is 18.4 Å². The highest BCUT2D eigenvalue weighted by atomic mass is 35.5. The monoisotopic (exact) mass is 405 g/mol. The number of ether oxygens (including phenoxy) is 2. The number of aryl methyl sites for hydroxylation is 1. The average molecular weight is 406 g/mol. The number of nitrogens with one attached hydrogen (secondary N) is 1. The molecule has 140 valence electrons. The summed E-state index contributed by atoms with van der Waals surface area (Å²) in [6.45, 7) is 2.86. The standard InChI is InChI=1S/C18H16ClN3O4S/c1-9-20-17(26-22-9)15-11-5-6-25-8-14(11)27-18(15)21-16(23)12-7-10(19)3-4-13(12)24-2/h3-4,7H,5-6,8H2,1-2H3,(H,21,23). The minimum Gasteiger partial charge on any atom is -0.496 e. The highest BCUT2D eigenvalue weighted by molar-refractivity contribution is 7.17. The molecule has 0 atom stereocenters. The van der Waals surface area contributed by atoms with Gasteiger partial charge in [0.1, 0.15) is 10.8 Å². The van der Waals surface area contributed by atoms with Crippen molar-refractivity contribution in [3.63, 3.8) is 0 Å². The van der Waals surface area contributed by atoms with Gasteiger partial charge in [0.2, 0.25) is 0 Å². The second-order valence-corrected chi connectivity index (χ2v) is 7.50. The molecule has 4 rings (SSSR count). The van der Waals surface area contributed by atoms with Gasteiger partial charge in [-0.2, -0.15) is 4.98 Å². The van der Waals surface area contributed by atoms with Crippen LogP contribution >= 0.6 is 22.9 Å². The molecule has 1 aliphatic rings. The number of rotatable bonds is 4. The number of fused-ring (bicyclic) bond motifs is 1. The second-order valence-electron chi connectivity index (χ2n) is 5.96. The molecule has 2 aromatic heterocycles. The van der Waals surface area contributed by atoms with Crippen molar-refractivity contribution >= 4 is 33.8 Å². The van der Waals surface area contributed by atoms with Gasteiger partial charge in [-0.25, -0.2) is 0 Å². The van der Waals surface area contributed by atoms with Crippen LogP contribution in [-0.2, 0) is 17.8 Å². The quantitative estimate of drug-likeness (QED) is 0.703. The number of hydrogen-bond donors (Lipinski definition) is 1. The lowest BCUT2D eigenvalue weighted by atomic mass is 10.1. The molecule has 0 spiro atoms. The number of methoxy groups -OCH3 is 1. The number of thiophene rings is 1. The molecular weight excluding hydrogens is 390 g/mol. The summed E-state index contributed by atoms with van der Waals surface area (Å²) in [5, 5.41) is 7.92. The van der Waals surface area contributed by atoms with Gasteiger partial charge in [-0.15, -0.1) is 11.3 Å². The Bertz CT molecular complexity index is 1010. The molecule has 0 bridgehead atoms. The minimum absolute atomic E-state index is 0.327. The van der Waals surface area contributed by atoms with E-state index in [-0.39, 0.29) is 5.91 Å². The van der Waals surface area contributed by atoms with Crippen LogP contribution in [0.3, 0.4) is 0 Å². The second kappa shape index (κ2) is 7.30. The number of nitrogens with zero attached hydrogens (tertiary/aromatic N) is 2. The van der Waals surface area contributed by atoms with Crippen LogP contribution in [-0.4, -0.2) is 29.8 Å². The average Bonchev–Trinajstić information content (AvgIpc) is 3.24. The van der Waals surface area contributed by atoms with Crippen LogP contribution in [0.2, 0.25) is 5.02 Å². The van der Waals surface area contributed by atoms with Crippen molar-refractivity contribution in [3.05, 3.63) is 45.1 Å². The maximum absolute atomic E-state index is 12.9. The van der Waals surface area contributed by atoms with Gasteiger partial charge in [0.25, 0.3) is 11.8 Å². The van der Waals surface area contributed by atoms with Gasteiger partial charge < -0.3 is 19.3 Å². The molecule has 1 amide bonds. The number of hydrogen-bond acceptors (Lipinski definition) is 7. The lowest BCUT2D eigenvalue weighted by Crippen LogP contribution is -2.13. The predicted molar refractivity (Wildman–Crippen MR) is 102 cm³/mol. The van der Waals surface area contributed by atoms with Crippen molar-refractivity contribution in [1.29, 1.82) is 0 Å². The van der Waals surface area contributed by atoms with Crippen LogP contribution in [0.4, 0.5) is 5.00 Å². The summed E-state index contributed by atoms with van der Waals surface area (Å²) < 4.78 is 16.2. The summed E-state index contributed by atoms with van der Waals surface area (Å²) >= 11 is 7.50. The van der Waals surface area contributed by atoms with Gasteiger partial charge in [-0.3, -0.25) is 4.79 Å². The van der Waals surface area contributed by atoms with Crippen molar-refractivity contribution in [1.82, 2.24) is 10.1 Å². The summed E-state index contributed by atoms with van der Waals surface area (Å²) in [7, 11) is 1.51. The van der Waals surface area contributed by atoms with Crippen molar-refractivity contribution in [2.45, 2.75) is 20.0 Å². The maximum atomic E-state index is 12.9. The van der Waals surface area contributed by atoms with Crippen molar-refractivity contribution in [2.24, 2.45) is 0 Å². The molecule has 0 unspecified atom stereocenters. The Hall–Kier alpha value is -2.42. The van der Waals surface area contributed by atoms with E-state index in [4.69, 9.17) is 25.6 Å². The zero-order valence-electron chi connectivity index (χ0n) is 14.7. The van der Waals surface area contributed by atoms with Crippen LogP contribution in [0.5, 0.6) is 5.75 Å². The van der Waals surface area contributed by atoms with E-state index in [0.717, 1.165) is 22.4 Å². The Morgan fingerprint density at radius 2 is 2.26 bits per heavy atom. The van der Waals surface area contributed by atoms with Crippen LogP contribution in [0.25, 0.3) is 11.5 Å². The lowest BCUT2D eigenvalue weighted by Gasteiger charge is -2.12.